The van der Waals surface area contributed by atoms with E-state index in [-0.39, 0.29) is 5.75 Å². The number of fused-ring (bicyclic) bond motifs is 1. The zero-order chi connectivity index (χ0) is 13.2. The molecule has 98 valence electrons. The van der Waals surface area contributed by atoms with E-state index in [1.165, 1.54) is 16.5 Å². The van der Waals surface area contributed by atoms with E-state index < -0.39 is 9.05 Å². The van der Waals surface area contributed by atoms with Gasteiger partial charge in [0.2, 0.25) is 9.05 Å². The van der Waals surface area contributed by atoms with E-state index in [4.69, 9.17) is 10.7 Å². The molecule has 0 radical (unpaired) electrons. The first kappa shape index (κ1) is 13.4. The lowest BCUT2D eigenvalue weighted by Gasteiger charge is -1.99. The second-order valence-corrected chi connectivity index (χ2v) is 7.38. The van der Waals surface area contributed by atoms with Gasteiger partial charge in [-0.2, -0.15) is 0 Å². The molecule has 1 heterocycles. The standard InChI is InChI=1S/C13H16ClNO2S/c1-15-10-11(6-4-5-9-18(14,16)17)12-7-2-3-8-13(12)15/h2-3,7-8,10H,4-6,9H2,1H3. The molecule has 5 heteroatoms. The smallest absolute Gasteiger partial charge is 0.232 e. The summed E-state index contributed by atoms with van der Waals surface area (Å²) < 4.78 is 23.7. The third-order valence-corrected chi connectivity index (χ3v) is 4.30. The van der Waals surface area contributed by atoms with Crippen LogP contribution >= 0.6 is 10.7 Å². The van der Waals surface area contributed by atoms with Gasteiger partial charge in [-0.15, -0.1) is 0 Å². The number of unbranched alkanes of at least 4 members (excludes halogenated alkanes) is 1. The van der Waals surface area contributed by atoms with Gasteiger partial charge in [0.1, 0.15) is 0 Å². The van der Waals surface area contributed by atoms with Crippen LogP contribution in [-0.4, -0.2) is 18.7 Å². The molecule has 0 N–H and O–H groups in total. The van der Waals surface area contributed by atoms with Gasteiger partial charge >= 0.3 is 0 Å². The predicted molar refractivity (Wildman–Crippen MR) is 75.5 cm³/mol. The minimum absolute atomic E-state index is 0.0549. The summed E-state index contributed by atoms with van der Waals surface area (Å²) >= 11 is 0. The van der Waals surface area contributed by atoms with Crippen LogP contribution in [0.15, 0.2) is 30.5 Å². The summed E-state index contributed by atoms with van der Waals surface area (Å²) in [6.07, 6.45) is 4.43. The van der Waals surface area contributed by atoms with Crippen molar-refractivity contribution in [2.45, 2.75) is 19.3 Å². The Kier molecular flexibility index (Phi) is 3.97. The molecule has 0 spiro atoms. The van der Waals surface area contributed by atoms with Crippen LogP contribution < -0.4 is 0 Å². The average Bonchev–Trinajstić information content (AvgIpc) is 2.62. The van der Waals surface area contributed by atoms with Gasteiger partial charge in [0.15, 0.2) is 0 Å². The van der Waals surface area contributed by atoms with Crippen molar-refractivity contribution in [3.63, 3.8) is 0 Å². The van der Waals surface area contributed by atoms with Gasteiger partial charge < -0.3 is 4.57 Å². The van der Waals surface area contributed by atoms with Gasteiger partial charge in [-0.1, -0.05) is 18.2 Å². The van der Waals surface area contributed by atoms with Gasteiger partial charge in [-0.25, -0.2) is 8.42 Å². The van der Waals surface area contributed by atoms with Crippen molar-refractivity contribution in [3.05, 3.63) is 36.0 Å². The number of halogens is 1. The molecule has 18 heavy (non-hydrogen) atoms. The van der Waals surface area contributed by atoms with Crippen molar-refractivity contribution >= 4 is 30.6 Å². The first-order valence-corrected chi connectivity index (χ1v) is 8.40. The molecule has 0 saturated heterocycles. The van der Waals surface area contributed by atoms with Gasteiger partial charge in [-0.05, 0) is 30.9 Å². The lowest BCUT2D eigenvalue weighted by atomic mass is 10.1. The molecule has 0 fully saturated rings. The Hall–Kier alpha value is -1.00. The molecule has 0 aliphatic heterocycles. The number of rotatable bonds is 5. The Balaban J connectivity index is 2.04. The van der Waals surface area contributed by atoms with E-state index in [1.807, 2.05) is 19.2 Å². The molecule has 1 aromatic heterocycles. The molecule has 2 rings (SSSR count). The molecule has 0 saturated carbocycles. The number of nitrogens with zero attached hydrogens (tertiary/aromatic N) is 1. The maximum absolute atomic E-state index is 10.8. The molecule has 0 aliphatic rings. The largest absolute Gasteiger partial charge is 0.350 e. The van der Waals surface area contributed by atoms with Crippen molar-refractivity contribution in [2.75, 3.05) is 5.75 Å². The summed E-state index contributed by atoms with van der Waals surface area (Å²) in [5, 5.41) is 1.24. The van der Waals surface area contributed by atoms with Gasteiger partial charge in [-0.3, -0.25) is 0 Å². The average molecular weight is 286 g/mol. The van der Waals surface area contributed by atoms with Crippen LogP contribution in [0, 0.1) is 0 Å². The highest BCUT2D eigenvalue weighted by Gasteiger charge is 2.07. The summed E-state index contributed by atoms with van der Waals surface area (Å²) in [6, 6.07) is 8.23. The Morgan fingerprint density at radius 2 is 1.94 bits per heavy atom. The fraction of sp³-hybridized carbons (Fsp3) is 0.385. The Morgan fingerprint density at radius 3 is 2.67 bits per heavy atom. The molecule has 1 aromatic carbocycles. The van der Waals surface area contributed by atoms with E-state index in [0.29, 0.717) is 6.42 Å². The molecule has 3 nitrogen and oxygen atoms in total. The number of para-hydroxylation sites is 1. The van der Waals surface area contributed by atoms with Crippen LogP contribution in [0.1, 0.15) is 18.4 Å². The molecular formula is C13H16ClNO2S. The van der Waals surface area contributed by atoms with E-state index >= 15 is 0 Å². The van der Waals surface area contributed by atoms with Gasteiger partial charge in [0.25, 0.3) is 0 Å². The fourth-order valence-corrected chi connectivity index (χ4v) is 3.09. The highest BCUT2D eigenvalue weighted by molar-refractivity contribution is 8.13. The zero-order valence-electron chi connectivity index (χ0n) is 10.3. The highest BCUT2D eigenvalue weighted by Crippen LogP contribution is 2.21. The number of aromatic nitrogens is 1. The third kappa shape index (κ3) is 3.27. The predicted octanol–water partition coefficient (Wildman–Crippen LogP) is 3.07. The third-order valence-electron chi connectivity index (χ3n) is 3.06. The Labute approximate surface area is 112 Å². The van der Waals surface area contributed by atoms with Crippen molar-refractivity contribution in [1.82, 2.24) is 4.57 Å². The first-order valence-electron chi connectivity index (χ1n) is 5.92. The van der Waals surface area contributed by atoms with E-state index in [2.05, 4.69) is 22.9 Å². The van der Waals surface area contributed by atoms with Crippen molar-refractivity contribution in [2.24, 2.45) is 7.05 Å². The van der Waals surface area contributed by atoms with Gasteiger partial charge in [0, 0.05) is 34.8 Å². The summed E-state index contributed by atoms with van der Waals surface area (Å²) in [7, 11) is 3.86. The molecule has 2 aromatic rings. The van der Waals surface area contributed by atoms with Crippen LogP contribution in [0.3, 0.4) is 0 Å². The van der Waals surface area contributed by atoms with Crippen molar-refractivity contribution in [1.29, 1.82) is 0 Å². The fourth-order valence-electron chi connectivity index (χ4n) is 2.21. The number of hydrogen-bond donors (Lipinski definition) is 0. The first-order chi connectivity index (χ1) is 8.47. The molecule has 0 bridgehead atoms. The van der Waals surface area contributed by atoms with Gasteiger partial charge in [0.05, 0.1) is 5.75 Å². The van der Waals surface area contributed by atoms with Crippen LogP contribution in [0.4, 0.5) is 0 Å². The quantitative estimate of drug-likeness (QED) is 0.625. The maximum Gasteiger partial charge on any atom is 0.232 e. The molecular weight excluding hydrogens is 270 g/mol. The highest BCUT2D eigenvalue weighted by atomic mass is 35.7. The molecule has 0 unspecified atom stereocenters. The minimum Gasteiger partial charge on any atom is -0.350 e. The number of hydrogen-bond acceptors (Lipinski definition) is 2. The number of benzene rings is 1. The van der Waals surface area contributed by atoms with Crippen LogP contribution in [0.25, 0.3) is 10.9 Å². The minimum atomic E-state index is -3.35. The summed E-state index contributed by atoms with van der Waals surface area (Å²) in [6.45, 7) is 0. The van der Waals surface area contributed by atoms with Crippen LogP contribution in [-0.2, 0) is 22.5 Å². The molecule has 0 atom stereocenters. The Bertz CT molecular complexity index is 646. The van der Waals surface area contributed by atoms with Crippen molar-refractivity contribution in [3.8, 4) is 0 Å². The maximum atomic E-state index is 10.8. The zero-order valence-corrected chi connectivity index (χ0v) is 11.8. The van der Waals surface area contributed by atoms with Crippen molar-refractivity contribution < 1.29 is 8.42 Å². The topological polar surface area (TPSA) is 39.1 Å². The lowest BCUT2D eigenvalue weighted by molar-refractivity contribution is 0.605. The van der Waals surface area contributed by atoms with Crippen LogP contribution in [0.2, 0.25) is 0 Å². The summed E-state index contributed by atoms with van der Waals surface area (Å²) in [4.78, 5) is 0. The number of aryl methyl sites for hydroxylation is 2. The van der Waals surface area contributed by atoms with E-state index in [0.717, 1.165) is 12.8 Å². The Morgan fingerprint density at radius 1 is 1.22 bits per heavy atom. The molecule has 0 aliphatic carbocycles. The normalized spacial score (nSPS) is 12.1. The summed E-state index contributed by atoms with van der Waals surface area (Å²) in [5.41, 5.74) is 2.47. The van der Waals surface area contributed by atoms with E-state index in [1.54, 1.807) is 0 Å². The van der Waals surface area contributed by atoms with Crippen LogP contribution in [0.5, 0.6) is 0 Å². The molecule has 0 amide bonds. The second kappa shape index (κ2) is 5.33. The van der Waals surface area contributed by atoms with E-state index in [9.17, 15) is 8.42 Å². The monoisotopic (exact) mass is 285 g/mol. The SMILES string of the molecule is Cn1cc(CCCCS(=O)(=O)Cl)c2ccccc21. The lowest BCUT2D eigenvalue weighted by Crippen LogP contribution is -1.97. The second-order valence-electron chi connectivity index (χ2n) is 4.48. The summed E-state index contributed by atoms with van der Waals surface area (Å²) in [5.74, 6) is 0.0549.